The van der Waals surface area contributed by atoms with Crippen molar-refractivity contribution >= 4 is 0 Å². The Morgan fingerprint density at radius 3 is 2.38 bits per heavy atom. The SMILES string of the molecule is CCN(CC1CC1)CC(C)(N)CC. The van der Waals surface area contributed by atoms with Crippen LogP contribution in [0.2, 0.25) is 0 Å². The smallest absolute Gasteiger partial charge is 0.0252 e. The van der Waals surface area contributed by atoms with E-state index in [0.29, 0.717) is 0 Å². The molecule has 1 aliphatic carbocycles. The van der Waals surface area contributed by atoms with Crippen molar-refractivity contribution in [1.29, 1.82) is 0 Å². The van der Waals surface area contributed by atoms with Crippen molar-refractivity contribution in [2.24, 2.45) is 11.7 Å². The van der Waals surface area contributed by atoms with Gasteiger partial charge >= 0.3 is 0 Å². The number of hydrogen-bond donors (Lipinski definition) is 1. The van der Waals surface area contributed by atoms with Crippen LogP contribution < -0.4 is 5.73 Å². The highest BCUT2D eigenvalue weighted by molar-refractivity contribution is 4.84. The molecule has 2 heteroatoms. The minimum absolute atomic E-state index is 0.00486. The fourth-order valence-electron chi connectivity index (χ4n) is 1.59. The van der Waals surface area contributed by atoms with E-state index in [2.05, 4.69) is 25.7 Å². The Balaban J connectivity index is 2.28. The zero-order valence-corrected chi connectivity index (χ0v) is 9.34. The van der Waals surface area contributed by atoms with Gasteiger partial charge in [-0.3, -0.25) is 0 Å². The van der Waals surface area contributed by atoms with Crippen LogP contribution in [0, 0.1) is 5.92 Å². The Morgan fingerprint density at radius 1 is 1.38 bits per heavy atom. The summed E-state index contributed by atoms with van der Waals surface area (Å²) in [5.74, 6) is 0.979. The van der Waals surface area contributed by atoms with Crippen LogP contribution in [0.15, 0.2) is 0 Å². The first-order valence-corrected chi connectivity index (χ1v) is 5.58. The lowest BCUT2D eigenvalue weighted by Crippen LogP contribution is -2.47. The number of hydrogen-bond acceptors (Lipinski definition) is 2. The van der Waals surface area contributed by atoms with Crippen molar-refractivity contribution in [1.82, 2.24) is 4.90 Å². The van der Waals surface area contributed by atoms with E-state index in [1.54, 1.807) is 0 Å². The van der Waals surface area contributed by atoms with Gasteiger partial charge < -0.3 is 10.6 Å². The molecule has 0 bridgehead atoms. The standard InChI is InChI=1S/C11H24N2/c1-4-11(3,12)9-13(5-2)8-10-6-7-10/h10H,4-9,12H2,1-3H3. The number of nitrogens with two attached hydrogens (primary N) is 1. The molecule has 0 aliphatic heterocycles. The zero-order valence-electron chi connectivity index (χ0n) is 9.34. The van der Waals surface area contributed by atoms with Crippen molar-refractivity contribution in [3.63, 3.8) is 0 Å². The lowest BCUT2D eigenvalue weighted by Gasteiger charge is -2.31. The Kier molecular flexibility index (Phi) is 3.74. The minimum Gasteiger partial charge on any atom is -0.324 e. The van der Waals surface area contributed by atoms with Crippen LogP contribution in [-0.2, 0) is 0 Å². The van der Waals surface area contributed by atoms with Gasteiger partial charge in [-0.25, -0.2) is 0 Å². The van der Waals surface area contributed by atoms with Crippen molar-refractivity contribution in [2.45, 2.75) is 45.6 Å². The second kappa shape index (κ2) is 4.43. The van der Waals surface area contributed by atoms with Gasteiger partial charge in [-0.15, -0.1) is 0 Å². The van der Waals surface area contributed by atoms with Gasteiger partial charge in [0.2, 0.25) is 0 Å². The highest BCUT2D eigenvalue weighted by atomic mass is 15.1. The average Bonchev–Trinajstić information content (AvgIpc) is 2.87. The van der Waals surface area contributed by atoms with E-state index < -0.39 is 0 Å². The first-order chi connectivity index (χ1) is 6.07. The molecule has 2 nitrogen and oxygen atoms in total. The summed E-state index contributed by atoms with van der Waals surface area (Å²) in [4.78, 5) is 2.50. The zero-order chi connectivity index (χ0) is 9.90. The van der Waals surface area contributed by atoms with Gasteiger partial charge in [0.25, 0.3) is 0 Å². The Hall–Kier alpha value is -0.0800. The quantitative estimate of drug-likeness (QED) is 0.682. The van der Waals surface area contributed by atoms with Crippen molar-refractivity contribution < 1.29 is 0 Å². The van der Waals surface area contributed by atoms with E-state index in [1.165, 1.54) is 19.4 Å². The molecule has 1 rings (SSSR count). The highest BCUT2D eigenvalue weighted by Crippen LogP contribution is 2.30. The summed E-state index contributed by atoms with van der Waals surface area (Å²) >= 11 is 0. The first-order valence-electron chi connectivity index (χ1n) is 5.58. The summed E-state index contributed by atoms with van der Waals surface area (Å²) < 4.78 is 0. The monoisotopic (exact) mass is 184 g/mol. The first kappa shape index (κ1) is 11.0. The fraction of sp³-hybridized carbons (Fsp3) is 1.00. The average molecular weight is 184 g/mol. The third kappa shape index (κ3) is 4.10. The van der Waals surface area contributed by atoms with Gasteiger partial charge in [-0.2, -0.15) is 0 Å². The molecule has 0 spiro atoms. The van der Waals surface area contributed by atoms with Crippen LogP contribution in [0.5, 0.6) is 0 Å². The Morgan fingerprint density at radius 2 is 2.00 bits per heavy atom. The number of rotatable bonds is 6. The molecule has 0 radical (unpaired) electrons. The maximum absolute atomic E-state index is 6.15. The number of nitrogens with zero attached hydrogens (tertiary/aromatic N) is 1. The molecule has 1 atom stereocenters. The molecule has 0 aromatic rings. The number of likely N-dealkylation sites (N-methyl/N-ethyl adjacent to an activating group) is 1. The second-order valence-electron chi connectivity index (χ2n) is 4.78. The lowest BCUT2D eigenvalue weighted by molar-refractivity contribution is 0.215. The summed E-state index contributed by atoms with van der Waals surface area (Å²) in [5.41, 5.74) is 6.15. The Bertz CT molecular complexity index is 150. The van der Waals surface area contributed by atoms with Crippen molar-refractivity contribution in [2.75, 3.05) is 19.6 Å². The maximum Gasteiger partial charge on any atom is 0.0252 e. The Labute approximate surface area is 82.5 Å². The largest absolute Gasteiger partial charge is 0.324 e. The molecule has 78 valence electrons. The van der Waals surface area contributed by atoms with E-state index in [0.717, 1.165) is 25.4 Å². The van der Waals surface area contributed by atoms with Crippen LogP contribution in [0.3, 0.4) is 0 Å². The van der Waals surface area contributed by atoms with E-state index in [9.17, 15) is 0 Å². The molecule has 0 saturated heterocycles. The molecule has 0 heterocycles. The second-order valence-corrected chi connectivity index (χ2v) is 4.78. The predicted octanol–water partition coefficient (Wildman–Crippen LogP) is 1.85. The van der Waals surface area contributed by atoms with Crippen LogP contribution >= 0.6 is 0 Å². The molecule has 1 saturated carbocycles. The van der Waals surface area contributed by atoms with Crippen LogP contribution in [0.4, 0.5) is 0 Å². The molecule has 1 aliphatic rings. The van der Waals surface area contributed by atoms with Crippen LogP contribution in [-0.4, -0.2) is 30.1 Å². The van der Waals surface area contributed by atoms with Crippen molar-refractivity contribution in [3.05, 3.63) is 0 Å². The van der Waals surface area contributed by atoms with Crippen molar-refractivity contribution in [3.8, 4) is 0 Å². The maximum atomic E-state index is 6.15. The molecule has 1 fully saturated rings. The lowest BCUT2D eigenvalue weighted by atomic mass is 10.00. The van der Waals surface area contributed by atoms with E-state index in [-0.39, 0.29) is 5.54 Å². The van der Waals surface area contributed by atoms with Gasteiger partial charge in [-0.1, -0.05) is 13.8 Å². The van der Waals surface area contributed by atoms with Gasteiger partial charge in [0, 0.05) is 18.6 Å². The van der Waals surface area contributed by atoms with Gasteiger partial charge in [0.1, 0.15) is 0 Å². The molecular weight excluding hydrogens is 160 g/mol. The van der Waals surface area contributed by atoms with Crippen LogP contribution in [0.25, 0.3) is 0 Å². The summed E-state index contributed by atoms with van der Waals surface area (Å²) in [6.07, 6.45) is 3.93. The molecule has 1 unspecified atom stereocenters. The van der Waals surface area contributed by atoms with Gasteiger partial charge in [0.15, 0.2) is 0 Å². The molecule has 0 aromatic heterocycles. The summed E-state index contributed by atoms with van der Waals surface area (Å²) in [5, 5.41) is 0. The molecular formula is C11H24N2. The van der Waals surface area contributed by atoms with E-state index in [4.69, 9.17) is 5.73 Å². The van der Waals surface area contributed by atoms with Gasteiger partial charge in [0.05, 0.1) is 0 Å². The topological polar surface area (TPSA) is 29.3 Å². The van der Waals surface area contributed by atoms with E-state index in [1.807, 2.05) is 0 Å². The third-order valence-corrected chi connectivity index (χ3v) is 3.05. The molecule has 2 N–H and O–H groups in total. The van der Waals surface area contributed by atoms with Gasteiger partial charge in [-0.05, 0) is 38.6 Å². The summed E-state index contributed by atoms with van der Waals surface area (Å²) in [6, 6.07) is 0. The minimum atomic E-state index is 0.00486. The molecule has 0 aromatic carbocycles. The fourth-order valence-corrected chi connectivity index (χ4v) is 1.59. The summed E-state index contributed by atoms with van der Waals surface area (Å²) in [6.45, 7) is 10.0. The molecule has 0 amide bonds. The third-order valence-electron chi connectivity index (χ3n) is 3.05. The normalized spacial score (nSPS) is 21.9. The van der Waals surface area contributed by atoms with Crippen LogP contribution in [0.1, 0.15) is 40.0 Å². The summed E-state index contributed by atoms with van der Waals surface area (Å²) in [7, 11) is 0. The highest BCUT2D eigenvalue weighted by Gasteiger charge is 2.26. The predicted molar refractivity (Wildman–Crippen MR) is 57.7 cm³/mol. The van der Waals surface area contributed by atoms with E-state index >= 15 is 0 Å². The molecule has 13 heavy (non-hydrogen) atoms.